The lowest BCUT2D eigenvalue weighted by Crippen LogP contribution is -2.14. The summed E-state index contributed by atoms with van der Waals surface area (Å²) in [7, 11) is 0. The highest BCUT2D eigenvalue weighted by Crippen LogP contribution is 2.67. The fourth-order valence-corrected chi connectivity index (χ4v) is 15.9. The highest BCUT2D eigenvalue weighted by Gasteiger charge is 2.40. The Bertz CT molecular complexity index is 5780. The van der Waals surface area contributed by atoms with Gasteiger partial charge in [-0.25, -0.2) is 0 Å². The third-order valence-electron chi connectivity index (χ3n) is 20.2. The van der Waals surface area contributed by atoms with Gasteiger partial charge in [-0.15, -0.1) is 0 Å². The van der Waals surface area contributed by atoms with E-state index in [1.807, 2.05) is 0 Å². The number of fused-ring (bicyclic) bond motifs is 12. The minimum absolute atomic E-state index is 0.842. The van der Waals surface area contributed by atoms with Crippen molar-refractivity contribution >= 4 is 99.5 Å². The van der Waals surface area contributed by atoms with E-state index in [1.165, 1.54) is 44.5 Å². The second-order valence-corrected chi connectivity index (χ2v) is 25.8. The minimum atomic E-state index is 0.842. The summed E-state index contributed by atoms with van der Waals surface area (Å²) in [5, 5.41) is 8.93. The van der Waals surface area contributed by atoms with Gasteiger partial charge in [0, 0.05) is 44.0 Å². The maximum atomic E-state index is 7.09. The van der Waals surface area contributed by atoms with E-state index in [4.69, 9.17) is 8.83 Å². The number of aryl methyl sites for hydroxylation is 2. The average molecular weight is 1250 g/mol. The van der Waals surface area contributed by atoms with Gasteiger partial charge in [0.25, 0.3) is 0 Å². The Labute approximate surface area is 568 Å². The third kappa shape index (κ3) is 8.92. The van der Waals surface area contributed by atoms with Crippen LogP contribution in [0.1, 0.15) is 11.1 Å². The van der Waals surface area contributed by atoms with Crippen molar-refractivity contribution in [2.75, 3.05) is 9.80 Å². The summed E-state index contributed by atoms with van der Waals surface area (Å²) in [5.74, 6) is 0. The van der Waals surface area contributed by atoms with Crippen LogP contribution in [0, 0.1) is 13.8 Å². The number of furan rings is 2. The van der Waals surface area contributed by atoms with E-state index in [0.29, 0.717) is 0 Å². The van der Waals surface area contributed by atoms with Crippen LogP contribution >= 0.6 is 0 Å². The molecule has 1 aliphatic carbocycles. The summed E-state index contributed by atoms with van der Waals surface area (Å²) in [6, 6.07) is 124. The first kappa shape index (κ1) is 56.8. The summed E-state index contributed by atoms with van der Waals surface area (Å²) in [6.45, 7) is 4.44. The van der Waals surface area contributed by atoms with Crippen molar-refractivity contribution in [3.8, 4) is 89.0 Å². The molecule has 19 rings (SSSR count). The van der Waals surface area contributed by atoms with Gasteiger partial charge in [0.05, 0.1) is 22.7 Å². The van der Waals surface area contributed by atoms with Crippen molar-refractivity contribution in [1.82, 2.24) is 0 Å². The van der Waals surface area contributed by atoms with Crippen LogP contribution < -0.4 is 9.80 Å². The quantitative estimate of drug-likeness (QED) is 0.122. The third-order valence-corrected chi connectivity index (χ3v) is 20.2. The molecule has 0 saturated heterocycles. The van der Waals surface area contributed by atoms with Gasteiger partial charge < -0.3 is 18.6 Å². The Hall–Kier alpha value is -12.8. The Morgan fingerprint density at radius 2 is 0.500 bits per heavy atom. The lowest BCUT2D eigenvalue weighted by Gasteiger charge is -2.38. The lowest BCUT2D eigenvalue weighted by molar-refractivity contribution is 0.668. The van der Waals surface area contributed by atoms with Crippen LogP contribution in [-0.2, 0) is 0 Å². The molecule has 460 valence electrons. The molecule has 0 saturated carbocycles. The van der Waals surface area contributed by atoms with Crippen molar-refractivity contribution in [2.45, 2.75) is 13.8 Å². The van der Waals surface area contributed by atoms with Crippen LogP contribution in [0.25, 0.3) is 154 Å². The van der Waals surface area contributed by atoms with Gasteiger partial charge in [-0.3, -0.25) is 0 Å². The molecule has 98 heavy (non-hydrogen) atoms. The number of hydrogen-bond acceptors (Lipinski definition) is 4. The van der Waals surface area contributed by atoms with Gasteiger partial charge in [0.15, 0.2) is 11.2 Å². The molecule has 0 fully saturated rings. The second-order valence-electron chi connectivity index (χ2n) is 25.8. The molecule has 4 nitrogen and oxygen atoms in total. The number of anilines is 6. The number of benzene rings is 16. The Morgan fingerprint density at radius 3 is 0.857 bits per heavy atom. The first-order valence-electron chi connectivity index (χ1n) is 33.7. The van der Waals surface area contributed by atoms with E-state index in [-0.39, 0.29) is 0 Å². The molecule has 2 aromatic heterocycles. The van der Waals surface area contributed by atoms with Gasteiger partial charge in [0.2, 0.25) is 0 Å². The average Bonchev–Trinajstić information content (AvgIpc) is 0.755. The van der Waals surface area contributed by atoms with Crippen LogP contribution in [-0.4, -0.2) is 0 Å². The molecule has 4 heteroatoms. The van der Waals surface area contributed by atoms with Crippen molar-refractivity contribution < 1.29 is 8.83 Å². The maximum Gasteiger partial charge on any atom is 0.159 e. The molecule has 0 atom stereocenters. The highest BCUT2D eigenvalue weighted by molar-refractivity contribution is 6.34. The lowest BCUT2D eigenvalue weighted by atomic mass is 9.65. The largest absolute Gasteiger partial charge is 0.454 e. The molecule has 16 aromatic carbocycles. The first-order valence-corrected chi connectivity index (χ1v) is 33.7. The molecule has 0 unspecified atom stereocenters. The number of nitrogens with zero attached hydrogens (tertiary/aromatic N) is 2. The summed E-state index contributed by atoms with van der Waals surface area (Å²) in [6.07, 6.45) is 0. The smallest absolute Gasteiger partial charge is 0.159 e. The Morgan fingerprint density at radius 1 is 0.214 bits per heavy atom. The summed E-state index contributed by atoms with van der Waals surface area (Å²) >= 11 is 0. The summed E-state index contributed by atoms with van der Waals surface area (Å²) in [4.78, 5) is 4.94. The standard InChI is InChI=1S/C94H62N2O2/c1-59-49-53-75-71-43-23-27-47-81(71)97-93(75)91(59)95(79-45-25-21-41-69(79)61-29-9-3-10-30-61)67-51-55-73-77(57-67)85(65-37-17-7-18-38-65)89-87(83(73)63-33-13-5-14-34-63)90-86(66-39-19-8-20-40-66)78-58-68(52-56-74(78)84(88(89)90)64-35-15-6-16-36-64)96(80-46-26-22-42-70(80)62-31-11-4-12-32-62)92-60(2)50-54-76-72-44-24-28-48-82(72)98-94(76)92/h3-58H,1-2H3. The molecule has 0 radical (unpaired) electrons. The normalized spacial score (nSPS) is 11.8. The van der Waals surface area contributed by atoms with Crippen LogP contribution in [0.4, 0.5) is 34.1 Å². The van der Waals surface area contributed by atoms with E-state index in [0.717, 1.165) is 155 Å². The molecule has 0 aliphatic heterocycles. The van der Waals surface area contributed by atoms with Crippen LogP contribution in [0.15, 0.2) is 349 Å². The zero-order valence-electron chi connectivity index (χ0n) is 54.0. The van der Waals surface area contributed by atoms with Crippen LogP contribution in [0.3, 0.4) is 0 Å². The van der Waals surface area contributed by atoms with E-state index < -0.39 is 0 Å². The zero-order valence-corrected chi connectivity index (χ0v) is 54.0. The topological polar surface area (TPSA) is 32.8 Å². The Balaban J connectivity index is 0.945. The van der Waals surface area contributed by atoms with Crippen LogP contribution in [0.5, 0.6) is 0 Å². The zero-order chi connectivity index (χ0) is 65.0. The van der Waals surface area contributed by atoms with Gasteiger partial charge in [0.1, 0.15) is 11.2 Å². The highest BCUT2D eigenvalue weighted by atomic mass is 16.3. The SMILES string of the molecule is Cc1ccc2c(oc3ccccc32)c1N(c1ccc2c(-c3ccccc3)c3c(c(-c4ccccc4)c2c1)-c1c-3c(-c2ccccc2)c2cc(N(c3ccccc3-c3ccccc3)c3c(C)ccc4c3oc3ccccc34)ccc2c1-c1ccccc1)c1ccccc1-c1ccccc1. The van der Waals surface area contributed by atoms with Crippen LogP contribution in [0.2, 0.25) is 0 Å². The van der Waals surface area contributed by atoms with Gasteiger partial charge in [-0.2, -0.15) is 0 Å². The fourth-order valence-electron chi connectivity index (χ4n) is 15.9. The van der Waals surface area contributed by atoms with Gasteiger partial charge in [-0.1, -0.05) is 291 Å². The molecule has 2 heterocycles. The predicted octanol–water partition coefficient (Wildman–Crippen LogP) is 27.0. The predicted molar refractivity (Wildman–Crippen MR) is 412 cm³/mol. The molecule has 0 bridgehead atoms. The molecule has 0 spiro atoms. The second kappa shape index (κ2) is 23.0. The maximum absolute atomic E-state index is 7.09. The molecular weight excluding hydrogens is 1190 g/mol. The van der Waals surface area contributed by atoms with Gasteiger partial charge >= 0.3 is 0 Å². The van der Waals surface area contributed by atoms with Crippen molar-refractivity contribution in [1.29, 1.82) is 0 Å². The van der Waals surface area contributed by atoms with E-state index in [1.54, 1.807) is 0 Å². The van der Waals surface area contributed by atoms with Crippen molar-refractivity contribution in [3.05, 3.63) is 351 Å². The fraction of sp³-hybridized carbons (Fsp3) is 0.0213. The number of hydrogen-bond donors (Lipinski definition) is 0. The first-order chi connectivity index (χ1) is 48.5. The van der Waals surface area contributed by atoms with Crippen molar-refractivity contribution in [2.24, 2.45) is 0 Å². The molecule has 18 aromatic rings. The van der Waals surface area contributed by atoms with E-state index in [2.05, 4.69) is 363 Å². The van der Waals surface area contributed by atoms with E-state index >= 15 is 0 Å². The monoisotopic (exact) mass is 1250 g/mol. The molecule has 0 amide bonds. The number of rotatable bonds is 12. The van der Waals surface area contributed by atoms with E-state index in [9.17, 15) is 0 Å². The summed E-state index contributed by atoms with van der Waals surface area (Å²) < 4.78 is 14.2. The summed E-state index contributed by atoms with van der Waals surface area (Å²) in [5.41, 5.74) is 30.4. The van der Waals surface area contributed by atoms with Crippen molar-refractivity contribution in [3.63, 3.8) is 0 Å². The Kier molecular flexibility index (Phi) is 13.3. The molecule has 0 N–H and O–H groups in total. The minimum Gasteiger partial charge on any atom is -0.454 e. The molecular formula is C94H62N2O2. The molecule has 1 aliphatic rings. The van der Waals surface area contributed by atoms with Gasteiger partial charge in [-0.05, 0) is 173 Å². The number of para-hydroxylation sites is 4.